The Labute approximate surface area is 91.7 Å². The highest BCUT2D eigenvalue weighted by atomic mass is 79.9. The highest BCUT2D eigenvalue weighted by Crippen LogP contribution is 2.16. The van der Waals surface area contributed by atoms with Crippen molar-refractivity contribution in [3.63, 3.8) is 0 Å². The molecule has 0 N–H and O–H groups in total. The number of hydroxylamine groups is 2. The summed E-state index contributed by atoms with van der Waals surface area (Å²) < 4.78 is 0.894. The van der Waals surface area contributed by atoms with Crippen molar-refractivity contribution in [1.82, 2.24) is 5.06 Å². The van der Waals surface area contributed by atoms with Gasteiger partial charge in [0.05, 0.1) is 7.11 Å². The first-order valence-corrected chi connectivity index (χ1v) is 4.93. The number of amides is 1. The lowest BCUT2D eigenvalue weighted by Crippen LogP contribution is -2.25. The van der Waals surface area contributed by atoms with Gasteiger partial charge >= 0.3 is 0 Å². The van der Waals surface area contributed by atoms with Gasteiger partial charge in [-0.15, -0.1) is 0 Å². The second kappa shape index (κ2) is 4.57. The number of aryl methyl sites for hydroxylation is 1. The van der Waals surface area contributed by atoms with Crippen LogP contribution in [0, 0.1) is 6.92 Å². The molecule has 0 aromatic heterocycles. The van der Waals surface area contributed by atoms with Crippen molar-refractivity contribution >= 4 is 21.8 Å². The van der Waals surface area contributed by atoms with Gasteiger partial charge in [-0.25, -0.2) is 5.06 Å². The van der Waals surface area contributed by atoms with Crippen molar-refractivity contribution in [3.05, 3.63) is 33.8 Å². The van der Waals surface area contributed by atoms with E-state index in [1.807, 2.05) is 19.1 Å². The van der Waals surface area contributed by atoms with E-state index in [0.29, 0.717) is 5.56 Å². The van der Waals surface area contributed by atoms with Gasteiger partial charge in [-0.3, -0.25) is 9.63 Å². The monoisotopic (exact) mass is 257 g/mol. The van der Waals surface area contributed by atoms with Gasteiger partial charge in [0.15, 0.2) is 0 Å². The molecule has 0 aliphatic carbocycles. The Bertz CT molecular complexity index is 332. The summed E-state index contributed by atoms with van der Waals surface area (Å²) in [6, 6.07) is 5.54. The van der Waals surface area contributed by atoms with Crippen LogP contribution in [-0.2, 0) is 4.84 Å². The maximum Gasteiger partial charge on any atom is 0.277 e. The van der Waals surface area contributed by atoms with E-state index in [1.165, 1.54) is 12.2 Å². The SMILES string of the molecule is CON(C)C(=O)c1cc(C)cc(Br)c1. The van der Waals surface area contributed by atoms with Crippen molar-refractivity contribution < 1.29 is 9.63 Å². The molecule has 1 aromatic carbocycles. The highest BCUT2D eigenvalue weighted by Gasteiger charge is 2.11. The summed E-state index contributed by atoms with van der Waals surface area (Å²) in [7, 11) is 3.04. The summed E-state index contributed by atoms with van der Waals surface area (Å²) in [6.07, 6.45) is 0. The highest BCUT2D eigenvalue weighted by molar-refractivity contribution is 9.10. The first-order chi connectivity index (χ1) is 6.54. The third-order valence-corrected chi connectivity index (χ3v) is 2.31. The number of halogens is 1. The van der Waals surface area contributed by atoms with E-state index in [9.17, 15) is 4.79 Å². The predicted molar refractivity (Wildman–Crippen MR) is 58.0 cm³/mol. The Hall–Kier alpha value is -0.870. The number of rotatable bonds is 2. The minimum atomic E-state index is -0.156. The average Bonchev–Trinajstić information content (AvgIpc) is 2.14. The molecular formula is C10H12BrNO2. The Morgan fingerprint density at radius 3 is 2.57 bits per heavy atom. The maximum absolute atomic E-state index is 11.7. The summed E-state index contributed by atoms with van der Waals surface area (Å²) in [6.45, 7) is 1.94. The molecule has 0 unspecified atom stereocenters. The van der Waals surface area contributed by atoms with E-state index in [4.69, 9.17) is 4.84 Å². The van der Waals surface area contributed by atoms with Gasteiger partial charge in [0.1, 0.15) is 0 Å². The van der Waals surface area contributed by atoms with Gasteiger partial charge in [-0.2, -0.15) is 0 Å². The van der Waals surface area contributed by atoms with E-state index in [2.05, 4.69) is 15.9 Å². The third kappa shape index (κ3) is 2.56. The van der Waals surface area contributed by atoms with E-state index < -0.39 is 0 Å². The van der Waals surface area contributed by atoms with Crippen LogP contribution in [0.3, 0.4) is 0 Å². The second-order valence-corrected chi connectivity index (χ2v) is 3.92. The fraction of sp³-hybridized carbons (Fsp3) is 0.300. The van der Waals surface area contributed by atoms with Gasteiger partial charge in [0, 0.05) is 17.1 Å². The summed E-state index contributed by atoms with van der Waals surface area (Å²) in [5.74, 6) is -0.156. The summed E-state index contributed by atoms with van der Waals surface area (Å²) in [5.41, 5.74) is 1.65. The molecule has 14 heavy (non-hydrogen) atoms. The average molecular weight is 258 g/mol. The van der Waals surface area contributed by atoms with Gasteiger partial charge in [0.25, 0.3) is 5.91 Å². The molecule has 0 bridgehead atoms. The molecule has 4 heteroatoms. The molecule has 1 aromatic rings. The lowest BCUT2D eigenvalue weighted by molar-refractivity contribution is -0.0757. The zero-order valence-electron chi connectivity index (χ0n) is 8.37. The minimum absolute atomic E-state index is 0.156. The van der Waals surface area contributed by atoms with Crippen LogP contribution in [0.2, 0.25) is 0 Å². The molecule has 0 aliphatic rings. The standard InChI is InChI=1S/C10H12BrNO2/c1-7-4-8(6-9(11)5-7)10(13)12(2)14-3/h4-6H,1-3H3. The molecule has 0 saturated carbocycles. The Morgan fingerprint density at radius 1 is 1.43 bits per heavy atom. The van der Waals surface area contributed by atoms with Crippen molar-refractivity contribution in [2.24, 2.45) is 0 Å². The molecule has 0 atom stereocenters. The van der Waals surface area contributed by atoms with Crippen LogP contribution in [0.15, 0.2) is 22.7 Å². The number of hydrogen-bond acceptors (Lipinski definition) is 2. The molecule has 76 valence electrons. The van der Waals surface area contributed by atoms with Crippen LogP contribution < -0.4 is 0 Å². The summed E-state index contributed by atoms with van der Waals surface area (Å²) in [5, 5.41) is 1.20. The molecule has 0 fully saturated rings. The molecule has 0 aliphatic heterocycles. The molecular weight excluding hydrogens is 246 g/mol. The van der Waals surface area contributed by atoms with E-state index >= 15 is 0 Å². The summed E-state index contributed by atoms with van der Waals surface area (Å²) in [4.78, 5) is 16.5. The molecule has 1 rings (SSSR count). The second-order valence-electron chi connectivity index (χ2n) is 3.00. The maximum atomic E-state index is 11.7. The Balaban J connectivity index is 3.01. The minimum Gasteiger partial charge on any atom is -0.274 e. The lowest BCUT2D eigenvalue weighted by Gasteiger charge is -2.13. The van der Waals surface area contributed by atoms with Gasteiger partial charge in [0.2, 0.25) is 0 Å². The van der Waals surface area contributed by atoms with Crippen LogP contribution in [0.1, 0.15) is 15.9 Å². The van der Waals surface area contributed by atoms with Crippen molar-refractivity contribution in [2.75, 3.05) is 14.2 Å². The molecule has 0 heterocycles. The van der Waals surface area contributed by atoms with Gasteiger partial charge in [-0.1, -0.05) is 15.9 Å². The van der Waals surface area contributed by atoms with Crippen LogP contribution in [-0.4, -0.2) is 25.1 Å². The quantitative estimate of drug-likeness (QED) is 0.762. The van der Waals surface area contributed by atoms with Gasteiger partial charge in [-0.05, 0) is 30.7 Å². The number of carbonyl (C=O) groups is 1. The fourth-order valence-electron chi connectivity index (χ4n) is 1.12. The predicted octanol–water partition coefficient (Wildman–Crippen LogP) is 2.39. The molecule has 1 amide bonds. The number of benzene rings is 1. The number of carbonyl (C=O) groups excluding carboxylic acids is 1. The Kier molecular flexibility index (Phi) is 3.66. The van der Waals surface area contributed by atoms with Gasteiger partial charge < -0.3 is 0 Å². The molecule has 3 nitrogen and oxygen atoms in total. The first kappa shape index (κ1) is 11.2. The largest absolute Gasteiger partial charge is 0.277 e. The van der Waals surface area contributed by atoms with Crippen LogP contribution in [0.4, 0.5) is 0 Å². The van der Waals surface area contributed by atoms with E-state index in [-0.39, 0.29) is 5.91 Å². The molecule has 0 saturated heterocycles. The normalized spacial score (nSPS) is 10.0. The van der Waals surface area contributed by atoms with Crippen molar-refractivity contribution in [1.29, 1.82) is 0 Å². The van der Waals surface area contributed by atoms with Crippen LogP contribution in [0.5, 0.6) is 0 Å². The van der Waals surface area contributed by atoms with Crippen LogP contribution in [0.25, 0.3) is 0 Å². The van der Waals surface area contributed by atoms with Crippen molar-refractivity contribution in [3.8, 4) is 0 Å². The van der Waals surface area contributed by atoms with Crippen LogP contribution >= 0.6 is 15.9 Å². The molecule has 0 spiro atoms. The first-order valence-electron chi connectivity index (χ1n) is 4.14. The topological polar surface area (TPSA) is 29.5 Å². The number of hydrogen-bond donors (Lipinski definition) is 0. The van der Waals surface area contributed by atoms with E-state index in [0.717, 1.165) is 10.0 Å². The number of nitrogens with zero attached hydrogens (tertiary/aromatic N) is 1. The zero-order valence-corrected chi connectivity index (χ0v) is 9.96. The van der Waals surface area contributed by atoms with Crippen molar-refractivity contribution in [2.45, 2.75) is 6.92 Å². The fourth-order valence-corrected chi connectivity index (χ4v) is 1.73. The Morgan fingerprint density at radius 2 is 2.07 bits per heavy atom. The smallest absolute Gasteiger partial charge is 0.274 e. The molecule has 0 radical (unpaired) electrons. The van der Waals surface area contributed by atoms with E-state index in [1.54, 1.807) is 13.1 Å². The zero-order chi connectivity index (χ0) is 10.7. The lowest BCUT2D eigenvalue weighted by atomic mass is 10.1. The third-order valence-electron chi connectivity index (χ3n) is 1.85. The summed E-state index contributed by atoms with van der Waals surface area (Å²) >= 11 is 3.34.